The largest absolute Gasteiger partial charge is 0.439 e. The van der Waals surface area contributed by atoms with Gasteiger partial charge in [0, 0.05) is 6.54 Å². The summed E-state index contributed by atoms with van der Waals surface area (Å²) in [6, 6.07) is 0. The molecule has 0 aliphatic carbocycles. The summed E-state index contributed by atoms with van der Waals surface area (Å²) >= 11 is 0.575. The number of nitrogens with zero attached hydrogens (tertiary/aromatic N) is 1. The van der Waals surface area contributed by atoms with Crippen molar-refractivity contribution in [1.82, 2.24) is 0 Å². The standard InChI is InChI=1S/C8H13F3N2S/c1-3-4-6(5-12)13-7(14-2)8(9,10)11/h4H,3,5,12H2,1-2H3/b6-4+,13-7?. The van der Waals surface area contributed by atoms with Crippen molar-refractivity contribution < 1.29 is 13.2 Å². The SMILES string of the molecule is CC/C=C(\CN)N=C(SC)C(F)(F)F. The normalized spacial score (nSPS) is 14.7. The molecule has 0 aromatic heterocycles. The Morgan fingerprint density at radius 2 is 2.07 bits per heavy atom. The summed E-state index contributed by atoms with van der Waals surface area (Å²) in [5.74, 6) is 0. The summed E-state index contributed by atoms with van der Waals surface area (Å²) in [7, 11) is 0. The minimum atomic E-state index is -4.39. The fraction of sp³-hybridized carbons (Fsp3) is 0.625. The average molecular weight is 226 g/mol. The molecule has 0 radical (unpaired) electrons. The van der Waals surface area contributed by atoms with E-state index in [0.29, 0.717) is 18.2 Å². The number of alkyl halides is 3. The van der Waals surface area contributed by atoms with Gasteiger partial charge in [-0.15, -0.1) is 11.8 Å². The summed E-state index contributed by atoms with van der Waals surface area (Å²) in [6.45, 7) is 1.84. The predicted molar refractivity (Wildman–Crippen MR) is 54.4 cm³/mol. The fourth-order valence-electron chi connectivity index (χ4n) is 0.765. The molecule has 0 unspecified atom stereocenters. The maximum Gasteiger partial charge on any atom is 0.439 e. The molecular weight excluding hydrogens is 213 g/mol. The lowest BCUT2D eigenvalue weighted by Crippen LogP contribution is -2.20. The van der Waals surface area contributed by atoms with E-state index in [0.717, 1.165) is 0 Å². The third-order valence-electron chi connectivity index (χ3n) is 1.33. The lowest BCUT2D eigenvalue weighted by Gasteiger charge is -2.08. The van der Waals surface area contributed by atoms with E-state index in [4.69, 9.17) is 5.73 Å². The molecule has 0 spiro atoms. The third kappa shape index (κ3) is 4.66. The molecule has 0 amide bonds. The molecule has 0 fully saturated rings. The molecule has 2 nitrogen and oxygen atoms in total. The Labute approximate surface area is 85.5 Å². The first-order chi connectivity index (χ1) is 6.45. The van der Waals surface area contributed by atoms with Crippen molar-refractivity contribution in [3.05, 3.63) is 11.8 Å². The first-order valence-corrected chi connectivity index (χ1v) is 5.27. The summed E-state index contributed by atoms with van der Waals surface area (Å²) in [4.78, 5) is 3.46. The van der Waals surface area contributed by atoms with Crippen LogP contribution in [0.1, 0.15) is 13.3 Å². The Balaban J connectivity index is 4.82. The molecule has 6 heteroatoms. The van der Waals surface area contributed by atoms with Crippen LogP contribution in [0.5, 0.6) is 0 Å². The maximum atomic E-state index is 12.2. The Hall–Kier alpha value is -0.490. The zero-order chi connectivity index (χ0) is 11.2. The number of allylic oxidation sites excluding steroid dienone is 1. The van der Waals surface area contributed by atoms with E-state index in [1.165, 1.54) is 6.26 Å². The van der Waals surface area contributed by atoms with Crippen molar-refractivity contribution in [2.45, 2.75) is 19.5 Å². The second kappa shape index (κ2) is 6.08. The fourth-order valence-corrected chi connectivity index (χ4v) is 1.21. The van der Waals surface area contributed by atoms with Crippen molar-refractivity contribution in [2.24, 2.45) is 10.7 Å². The summed E-state index contributed by atoms with van der Waals surface area (Å²) < 4.78 is 36.7. The molecule has 2 N–H and O–H groups in total. The third-order valence-corrected chi connectivity index (χ3v) is 2.04. The van der Waals surface area contributed by atoms with Gasteiger partial charge in [-0.2, -0.15) is 13.2 Å². The number of hydrogen-bond donors (Lipinski definition) is 1. The van der Waals surface area contributed by atoms with Crippen molar-refractivity contribution in [2.75, 3.05) is 12.8 Å². The van der Waals surface area contributed by atoms with Gasteiger partial charge in [-0.1, -0.05) is 13.0 Å². The van der Waals surface area contributed by atoms with Crippen LogP contribution in [0, 0.1) is 0 Å². The van der Waals surface area contributed by atoms with Gasteiger partial charge in [0.05, 0.1) is 5.70 Å². The molecule has 82 valence electrons. The molecule has 0 aromatic rings. The van der Waals surface area contributed by atoms with Crippen molar-refractivity contribution in [3.8, 4) is 0 Å². The highest BCUT2D eigenvalue weighted by Crippen LogP contribution is 2.24. The topological polar surface area (TPSA) is 38.4 Å². The van der Waals surface area contributed by atoms with Crippen LogP contribution in [0.25, 0.3) is 0 Å². The Bertz CT molecular complexity index is 233. The number of halogens is 3. The van der Waals surface area contributed by atoms with Gasteiger partial charge < -0.3 is 5.73 Å². The molecule has 0 rings (SSSR count). The highest BCUT2D eigenvalue weighted by molar-refractivity contribution is 8.13. The van der Waals surface area contributed by atoms with Crippen LogP contribution >= 0.6 is 11.8 Å². The van der Waals surface area contributed by atoms with Gasteiger partial charge >= 0.3 is 6.18 Å². The summed E-state index contributed by atoms with van der Waals surface area (Å²) in [5, 5.41) is -0.859. The highest BCUT2D eigenvalue weighted by Gasteiger charge is 2.35. The average Bonchev–Trinajstić information content (AvgIpc) is 2.10. The van der Waals surface area contributed by atoms with Crippen LogP contribution in [0.4, 0.5) is 13.2 Å². The van der Waals surface area contributed by atoms with E-state index in [-0.39, 0.29) is 12.2 Å². The van der Waals surface area contributed by atoms with Crippen LogP contribution < -0.4 is 5.73 Å². The minimum Gasteiger partial charge on any atom is -0.325 e. The van der Waals surface area contributed by atoms with Crippen LogP contribution in [-0.2, 0) is 0 Å². The molecule has 0 aliphatic rings. The number of nitrogens with two attached hydrogens (primary N) is 1. The monoisotopic (exact) mass is 226 g/mol. The maximum absolute atomic E-state index is 12.2. The van der Waals surface area contributed by atoms with E-state index in [1.807, 2.05) is 6.92 Å². The number of thioether (sulfide) groups is 1. The second-order valence-electron chi connectivity index (χ2n) is 2.43. The van der Waals surface area contributed by atoms with Gasteiger partial charge in [-0.3, -0.25) is 0 Å². The van der Waals surface area contributed by atoms with E-state index in [9.17, 15) is 13.2 Å². The van der Waals surface area contributed by atoms with Crippen LogP contribution in [0.15, 0.2) is 16.8 Å². The lowest BCUT2D eigenvalue weighted by molar-refractivity contribution is -0.0554. The number of aliphatic imine (C=N–C) groups is 1. The number of hydrogen-bond acceptors (Lipinski definition) is 3. The molecule has 0 aromatic carbocycles. The van der Waals surface area contributed by atoms with E-state index in [1.54, 1.807) is 6.08 Å². The molecule has 0 bridgehead atoms. The van der Waals surface area contributed by atoms with Crippen LogP contribution in [0.2, 0.25) is 0 Å². The molecule has 0 aliphatic heterocycles. The van der Waals surface area contributed by atoms with E-state index < -0.39 is 11.2 Å². The molecule has 0 heterocycles. The Morgan fingerprint density at radius 3 is 2.36 bits per heavy atom. The second-order valence-corrected chi connectivity index (χ2v) is 3.22. The Kier molecular flexibility index (Phi) is 5.87. The molecule has 14 heavy (non-hydrogen) atoms. The van der Waals surface area contributed by atoms with Gasteiger partial charge in [0.1, 0.15) is 0 Å². The summed E-state index contributed by atoms with van der Waals surface area (Å²) in [6.07, 6.45) is -0.842. The van der Waals surface area contributed by atoms with E-state index >= 15 is 0 Å². The predicted octanol–water partition coefficient (Wildman–Crippen LogP) is 2.56. The van der Waals surface area contributed by atoms with Crippen LogP contribution in [-0.4, -0.2) is 24.0 Å². The quantitative estimate of drug-likeness (QED) is 0.593. The molecule has 0 saturated carbocycles. The first kappa shape index (κ1) is 13.5. The highest BCUT2D eigenvalue weighted by atomic mass is 32.2. The Morgan fingerprint density at radius 1 is 1.50 bits per heavy atom. The van der Waals surface area contributed by atoms with Gasteiger partial charge in [-0.05, 0) is 12.7 Å². The van der Waals surface area contributed by atoms with Gasteiger partial charge in [0.25, 0.3) is 0 Å². The molecule has 0 saturated heterocycles. The van der Waals surface area contributed by atoms with Crippen molar-refractivity contribution in [1.29, 1.82) is 0 Å². The summed E-state index contributed by atoms with van der Waals surface area (Å²) in [5.41, 5.74) is 5.53. The first-order valence-electron chi connectivity index (χ1n) is 4.04. The van der Waals surface area contributed by atoms with Crippen molar-refractivity contribution in [3.63, 3.8) is 0 Å². The zero-order valence-electron chi connectivity index (χ0n) is 8.06. The van der Waals surface area contributed by atoms with Crippen molar-refractivity contribution >= 4 is 16.8 Å². The van der Waals surface area contributed by atoms with Crippen LogP contribution in [0.3, 0.4) is 0 Å². The number of rotatable bonds is 3. The van der Waals surface area contributed by atoms with E-state index in [2.05, 4.69) is 4.99 Å². The minimum absolute atomic E-state index is 0.0218. The lowest BCUT2D eigenvalue weighted by atomic mass is 10.3. The zero-order valence-corrected chi connectivity index (χ0v) is 8.87. The molecule has 0 atom stereocenters. The smallest absolute Gasteiger partial charge is 0.325 e. The van der Waals surface area contributed by atoms with Gasteiger partial charge in [0.2, 0.25) is 0 Å². The van der Waals surface area contributed by atoms with Gasteiger partial charge in [-0.25, -0.2) is 4.99 Å². The molecular formula is C8H13F3N2S. The van der Waals surface area contributed by atoms with Gasteiger partial charge in [0.15, 0.2) is 5.04 Å².